The summed E-state index contributed by atoms with van der Waals surface area (Å²) >= 11 is 0. The largest absolute Gasteiger partial charge is 0.508 e. The number of nitrogens with zero attached hydrogens (tertiary/aromatic N) is 1. The monoisotopic (exact) mass is 410 g/mol. The fraction of sp³-hybridized carbons (Fsp3) is 0.318. The third-order valence-corrected chi connectivity index (χ3v) is 5.21. The first-order valence-corrected chi connectivity index (χ1v) is 9.83. The van der Waals surface area contributed by atoms with Gasteiger partial charge in [-0.05, 0) is 42.7 Å². The van der Waals surface area contributed by atoms with Gasteiger partial charge < -0.3 is 26.2 Å². The van der Waals surface area contributed by atoms with Crippen LogP contribution in [0, 0.1) is 5.41 Å². The molecule has 1 heterocycles. The molecule has 8 nitrogen and oxygen atoms in total. The molecule has 6 N–H and O–H groups in total. The van der Waals surface area contributed by atoms with E-state index in [9.17, 15) is 19.8 Å². The zero-order chi connectivity index (χ0) is 21.7. The number of aliphatic hydroxyl groups is 1. The minimum atomic E-state index is -0.787. The molecule has 1 aliphatic rings. The molecule has 3 rings (SSSR count). The lowest BCUT2D eigenvalue weighted by Gasteiger charge is -2.32. The van der Waals surface area contributed by atoms with Crippen molar-refractivity contribution in [2.75, 3.05) is 13.1 Å². The number of amides is 2. The highest BCUT2D eigenvalue weighted by Gasteiger charge is 2.29. The summed E-state index contributed by atoms with van der Waals surface area (Å²) in [6.07, 6.45) is 0.894. The standard InChI is InChI=1S/C22H26N4O4/c23-20(24)15-3-5-16(6-4-15)21(29)25-19(13-14-1-7-17(27)8-2-14)22(30)26-11-9-18(28)10-12-26/h1-8,18-19,27-28H,9-13H2,(H3,23,24)(H,25,29). The fourth-order valence-electron chi connectivity index (χ4n) is 3.42. The maximum atomic E-state index is 13.1. The molecule has 1 unspecified atom stereocenters. The van der Waals surface area contributed by atoms with Gasteiger partial charge in [-0.1, -0.05) is 24.3 Å². The number of aromatic hydroxyl groups is 1. The second kappa shape index (κ2) is 9.41. The van der Waals surface area contributed by atoms with Gasteiger partial charge in [0, 0.05) is 30.6 Å². The Balaban J connectivity index is 1.77. The number of amidine groups is 1. The number of nitrogen functional groups attached to an aromatic ring is 1. The van der Waals surface area contributed by atoms with Crippen molar-refractivity contribution in [3.8, 4) is 5.75 Å². The van der Waals surface area contributed by atoms with Crippen molar-refractivity contribution in [2.45, 2.75) is 31.4 Å². The minimum Gasteiger partial charge on any atom is -0.508 e. The molecule has 0 aliphatic carbocycles. The van der Waals surface area contributed by atoms with Crippen LogP contribution in [-0.2, 0) is 11.2 Å². The zero-order valence-electron chi connectivity index (χ0n) is 16.5. The highest BCUT2D eigenvalue weighted by atomic mass is 16.3. The van der Waals surface area contributed by atoms with Crippen molar-refractivity contribution in [1.29, 1.82) is 5.41 Å². The van der Waals surface area contributed by atoms with Gasteiger partial charge in [-0.15, -0.1) is 0 Å². The lowest BCUT2D eigenvalue weighted by Crippen LogP contribution is -2.52. The smallest absolute Gasteiger partial charge is 0.251 e. The van der Waals surface area contributed by atoms with Crippen molar-refractivity contribution in [1.82, 2.24) is 10.2 Å². The normalized spacial score (nSPS) is 15.4. The van der Waals surface area contributed by atoms with Gasteiger partial charge in [0.15, 0.2) is 0 Å². The molecular weight excluding hydrogens is 384 g/mol. The maximum Gasteiger partial charge on any atom is 0.251 e. The number of rotatable bonds is 6. The van der Waals surface area contributed by atoms with E-state index >= 15 is 0 Å². The van der Waals surface area contributed by atoms with Gasteiger partial charge in [-0.3, -0.25) is 15.0 Å². The van der Waals surface area contributed by atoms with Crippen LogP contribution in [0.2, 0.25) is 0 Å². The number of carbonyl (C=O) groups excluding carboxylic acids is 2. The van der Waals surface area contributed by atoms with E-state index in [2.05, 4.69) is 5.32 Å². The van der Waals surface area contributed by atoms with Crippen molar-refractivity contribution in [3.05, 3.63) is 65.2 Å². The van der Waals surface area contributed by atoms with Crippen LogP contribution in [0.3, 0.4) is 0 Å². The molecule has 2 aromatic rings. The van der Waals surface area contributed by atoms with Crippen LogP contribution in [0.25, 0.3) is 0 Å². The van der Waals surface area contributed by atoms with Crippen LogP contribution >= 0.6 is 0 Å². The molecule has 158 valence electrons. The lowest BCUT2D eigenvalue weighted by atomic mass is 10.0. The molecular formula is C22H26N4O4. The number of phenolic OH excluding ortho intramolecular Hbond substituents is 1. The average Bonchev–Trinajstić information content (AvgIpc) is 2.75. The van der Waals surface area contributed by atoms with Gasteiger partial charge in [0.1, 0.15) is 17.6 Å². The van der Waals surface area contributed by atoms with Gasteiger partial charge in [-0.2, -0.15) is 0 Å². The van der Waals surface area contributed by atoms with Crippen molar-refractivity contribution >= 4 is 17.6 Å². The summed E-state index contributed by atoms with van der Waals surface area (Å²) in [6, 6.07) is 12.0. The summed E-state index contributed by atoms with van der Waals surface area (Å²) in [5.41, 5.74) is 7.12. The third kappa shape index (κ3) is 5.36. The number of hydrogen-bond acceptors (Lipinski definition) is 5. The van der Waals surface area contributed by atoms with E-state index in [4.69, 9.17) is 11.1 Å². The highest BCUT2D eigenvalue weighted by Crippen LogP contribution is 2.16. The quantitative estimate of drug-likeness (QED) is 0.357. The number of phenols is 1. The number of likely N-dealkylation sites (tertiary alicyclic amines) is 1. The van der Waals surface area contributed by atoms with Crippen molar-refractivity contribution in [2.24, 2.45) is 5.73 Å². The van der Waals surface area contributed by atoms with E-state index in [-0.39, 0.29) is 23.9 Å². The van der Waals surface area contributed by atoms with E-state index in [0.717, 1.165) is 5.56 Å². The summed E-state index contributed by atoms with van der Waals surface area (Å²) in [5, 5.41) is 29.5. The van der Waals surface area contributed by atoms with Crippen LogP contribution in [0.1, 0.15) is 34.3 Å². The molecule has 0 saturated carbocycles. The maximum absolute atomic E-state index is 13.1. The van der Waals surface area contributed by atoms with Crippen LogP contribution in [0.5, 0.6) is 5.75 Å². The molecule has 1 atom stereocenters. The van der Waals surface area contributed by atoms with Crippen LogP contribution in [0.4, 0.5) is 0 Å². The molecule has 8 heteroatoms. The van der Waals surface area contributed by atoms with E-state index in [1.807, 2.05) is 0 Å². The van der Waals surface area contributed by atoms with Crippen LogP contribution in [0.15, 0.2) is 48.5 Å². The SMILES string of the molecule is N=C(N)c1ccc(C(=O)NC(Cc2ccc(O)cc2)C(=O)N2CCC(O)CC2)cc1. The van der Waals surface area contributed by atoms with Crippen LogP contribution in [-0.4, -0.2) is 58.0 Å². The number of carbonyl (C=O) groups is 2. The van der Waals surface area contributed by atoms with E-state index < -0.39 is 18.1 Å². The average molecular weight is 410 g/mol. The molecule has 1 fully saturated rings. The number of piperidine rings is 1. The van der Waals surface area contributed by atoms with Gasteiger partial charge >= 0.3 is 0 Å². The Bertz CT molecular complexity index is 904. The van der Waals surface area contributed by atoms with Gasteiger partial charge in [0.2, 0.25) is 5.91 Å². The Hall–Kier alpha value is -3.39. The number of nitrogens with one attached hydrogen (secondary N) is 2. The third-order valence-electron chi connectivity index (χ3n) is 5.21. The summed E-state index contributed by atoms with van der Waals surface area (Å²) in [6.45, 7) is 0.879. The first-order chi connectivity index (χ1) is 14.3. The summed E-state index contributed by atoms with van der Waals surface area (Å²) in [4.78, 5) is 27.6. The molecule has 2 aromatic carbocycles. The summed E-state index contributed by atoms with van der Waals surface area (Å²) in [5.74, 6) is -0.571. The molecule has 1 saturated heterocycles. The molecule has 0 radical (unpaired) electrons. The Morgan fingerprint density at radius 1 is 1.07 bits per heavy atom. The van der Waals surface area contributed by atoms with E-state index in [1.54, 1.807) is 41.3 Å². The van der Waals surface area contributed by atoms with Gasteiger partial charge in [0.25, 0.3) is 5.91 Å². The molecule has 2 amide bonds. The predicted molar refractivity (Wildman–Crippen MR) is 112 cm³/mol. The molecule has 0 spiro atoms. The number of nitrogens with two attached hydrogens (primary N) is 1. The lowest BCUT2D eigenvalue weighted by molar-refractivity contribution is -0.135. The summed E-state index contributed by atoms with van der Waals surface area (Å²) < 4.78 is 0. The molecule has 0 aromatic heterocycles. The Morgan fingerprint density at radius 2 is 1.63 bits per heavy atom. The fourth-order valence-corrected chi connectivity index (χ4v) is 3.42. The first kappa shape index (κ1) is 21.3. The zero-order valence-corrected chi connectivity index (χ0v) is 16.5. The number of benzene rings is 2. The predicted octanol–water partition coefficient (Wildman–Crippen LogP) is 1.00. The summed E-state index contributed by atoms with van der Waals surface area (Å²) in [7, 11) is 0. The first-order valence-electron chi connectivity index (χ1n) is 9.83. The van der Waals surface area contributed by atoms with E-state index in [1.165, 1.54) is 12.1 Å². The second-order valence-electron chi connectivity index (χ2n) is 7.44. The van der Waals surface area contributed by atoms with Crippen molar-refractivity contribution in [3.63, 3.8) is 0 Å². The van der Waals surface area contributed by atoms with E-state index in [0.29, 0.717) is 37.1 Å². The van der Waals surface area contributed by atoms with Gasteiger partial charge in [0.05, 0.1) is 6.10 Å². The van der Waals surface area contributed by atoms with Gasteiger partial charge in [-0.25, -0.2) is 0 Å². The Labute approximate surface area is 174 Å². The number of aliphatic hydroxyl groups excluding tert-OH is 1. The Kier molecular flexibility index (Phi) is 6.68. The topological polar surface area (TPSA) is 140 Å². The Morgan fingerprint density at radius 3 is 2.20 bits per heavy atom. The minimum absolute atomic E-state index is 0.0883. The van der Waals surface area contributed by atoms with Crippen molar-refractivity contribution < 1.29 is 19.8 Å². The highest BCUT2D eigenvalue weighted by molar-refractivity contribution is 5.99. The number of hydrogen-bond donors (Lipinski definition) is 5. The van der Waals surface area contributed by atoms with Crippen LogP contribution < -0.4 is 11.1 Å². The molecule has 30 heavy (non-hydrogen) atoms. The second-order valence-corrected chi connectivity index (χ2v) is 7.44. The molecule has 1 aliphatic heterocycles. The molecule has 0 bridgehead atoms.